The van der Waals surface area contributed by atoms with E-state index in [0.717, 1.165) is 18.8 Å². The molecule has 0 radical (unpaired) electrons. The van der Waals surface area contributed by atoms with Gasteiger partial charge < -0.3 is 11.1 Å². The highest BCUT2D eigenvalue weighted by Crippen LogP contribution is 2.19. The number of nitrogens with two attached hydrogens (primary N) is 1. The van der Waals surface area contributed by atoms with Crippen LogP contribution in [0.4, 0.5) is 5.69 Å². The Kier molecular flexibility index (Phi) is 4.18. The van der Waals surface area contributed by atoms with Crippen LogP contribution in [0.3, 0.4) is 0 Å². The molecule has 0 fully saturated rings. The van der Waals surface area contributed by atoms with Crippen LogP contribution in [0, 0.1) is 0 Å². The van der Waals surface area contributed by atoms with Crippen molar-refractivity contribution in [3.63, 3.8) is 0 Å². The van der Waals surface area contributed by atoms with Gasteiger partial charge in [-0.25, -0.2) is 0 Å². The molecule has 0 aliphatic carbocycles. The van der Waals surface area contributed by atoms with Gasteiger partial charge in [0.15, 0.2) is 0 Å². The monoisotopic (exact) mass is 246 g/mol. The van der Waals surface area contributed by atoms with Gasteiger partial charge in [-0.15, -0.1) is 11.3 Å². The summed E-state index contributed by atoms with van der Waals surface area (Å²) in [5.74, 6) is 0.525. The number of rotatable bonds is 5. The lowest BCUT2D eigenvalue weighted by atomic mass is 10.0. The van der Waals surface area contributed by atoms with E-state index in [1.54, 1.807) is 11.3 Å². The Morgan fingerprint density at radius 2 is 2.00 bits per heavy atom. The molecule has 2 rings (SSSR count). The van der Waals surface area contributed by atoms with E-state index in [-0.39, 0.29) is 0 Å². The van der Waals surface area contributed by atoms with Gasteiger partial charge >= 0.3 is 0 Å². The largest absolute Gasteiger partial charge is 0.398 e. The molecule has 1 heterocycles. The molecular weight excluding hydrogens is 228 g/mol. The van der Waals surface area contributed by atoms with Crippen molar-refractivity contribution in [1.29, 1.82) is 0 Å². The lowest BCUT2D eigenvalue weighted by Gasteiger charge is -2.12. The number of thiophene rings is 1. The van der Waals surface area contributed by atoms with Crippen LogP contribution in [-0.4, -0.2) is 6.54 Å². The summed E-state index contributed by atoms with van der Waals surface area (Å²) in [6, 6.07) is 12.5. The second-order valence-electron chi connectivity index (χ2n) is 4.24. The Hall–Kier alpha value is -1.32. The topological polar surface area (TPSA) is 38.0 Å². The van der Waals surface area contributed by atoms with Crippen LogP contribution >= 0.6 is 11.3 Å². The van der Waals surface area contributed by atoms with Crippen molar-refractivity contribution < 1.29 is 0 Å². The highest BCUT2D eigenvalue weighted by molar-refractivity contribution is 7.10. The molecule has 0 saturated carbocycles. The molecule has 0 spiro atoms. The van der Waals surface area contributed by atoms with Crippen LogP contribution in [0.25, 0.3) is 0 Å². The van der Waals surface area contributed by atoms with Gasteiger partial charge in [0, 0.05) is 23.7 Å². The van der Waals surface area contributed by atoms with Crippen LogP contribution in [0.1, 0.15) is 23.3 Å². The van der Waals surface area contributed by atoms with Crippen molar-refractivity contribution >= 4 is 17.0 Å². The molecule has 0 bridgehead atoms. The maximum atomic E-state index is 5.84. The van der Waals surface area contributed by atoms with Crippen molar-refractivity contribution in [1.82, 2.24) is 5.32 Å². The third-order valence-corrected chi connectivity index (χ3v) is 3.82. The van der Waals surface area contributed by atoms with Crippen molar-refractivity contribution in [2.45, 2.75) is 19.4 Å². The first-order valence-corrected chi connectivity index (χ1v) is 6.73. The van der Waals surface area contributed by atoms with Crippen LogP contribution in [0.15, 0.2) is 41.8 Å². The minimum Gasteiger partial charge on any atom is -0.398 e. The molecule has 3 N–H and O–H groups in total. The molecule has 0 amide bonds. The Morgan fingerprint density at radius 1 is 1.24 bits per heavy atom. The number of nitrogens with one attached hydrogen (secondary N) is 1. The molecule has 1 unspecified atom stereocenters. The molecular formula is C14H18N2S. The Labute approximate surface area is 106 Å². The predicted octanol–water partition coefficient (Wildman–Crippen LogP) is 3.22. The number of benzene rings is 1. The molecule has 3 heteroatoms. The third-order valence-electron chi connectivity index (χ3n) is 2.88. The van der Waals surface area contributed by atoms with Crippen molar-refractivity contribution in [3.05, 3.63) is 52.2 Å². The van der Waals surface area contributed by atoms with E-state index in [1.165, 1.54) is 10.4 Å². The van der Waals surface area contributed by atoms with E-state index in [2.05, 4.69) is 42.6 Å². The lowest BCUT2D eigenvalue weighted by molar-refractivity contribution is 0.619. The van der Waals surface area contributed by atoms with E-state index in [0.29, 0.717) is 5.92 Å². The SMILES string of the molecule is CC(CNCc1sccc1N)c1ccccc1. The van der Waals surface area contributed by atoms with Crippen molar-refractivity contribution in [2.75, 3.05) is 12.3 Å². The quantitative estimate of drug-likeness (QED) is 0.850. The maximum Gasteiger partial charge on any atom is 0.0468 e. The molecule has 2 nitrogen and oxygen atoms in total. The van der Waals surface area contributed by atoms with Crippen LogP contribution < -0.4 is 11.1 Å². The van der Waals surface area contributed by atoms with E-state index in [9.17, 15) is 0 Å². The molecule has 0 aliphatic heterocycles. The molecule has 1 atom stereocenters. The van der Waals surface area contributed by atoms with Gasteiger partial charge in [0.05, 0.1) is 0 Å². The Balaban J connectivity index is 1.81. The summed E-state index contributed by atoms with van der Waals surface area (Å²) in [4.78, 5) is 1.23. The number of hydrogen-bond donors (Lipinski definition) is 2. The Bertz CT molecular complexity index is 450. The smallest absolute Gasteiger partial charge is 0.0468 e. The first-order chi connectivity index (χ1) is 8.27. The summed E-state index contributed by atoms with van der Waals surface area (Å²) in [7, 11) is 0. The molecule has 2 aromatic rings. The second-order valence-corrected chi connectivity index (χ2v) is 5.24. The Morgan fingerprint density at radius 3 is 2.65 bits per heavy atom. The minimum absolute atomic E-state index is 0.525. The molecule has 0 aliphatic rings. The van der Waals surface area contributed by atoms with Gasteiger partial charge in [0.25, 0.3) is 0 Å². The third kappa shape index (κ3) is 3.32. The highest BCUT2D eigenvalue weighted by atomic mass is 32.1. The molecule has 1 aromatic heterocycles. The average Bonchev–Trinajstić information content (AvgIpc) is 2.76. The average molecular weight is 246 g/mol. The van der Waals surface area contributed by atoms with Crippen LogP contribution in [0.2, 0.25) is 0 Å². The summed E-state index contributed by atoms with van der Waals surface area (Å²) in [5.41, 5.74) is 8.11. The van der Waals surface area contributed by atoms with Gasteiger partial charge in [0.1, 0.15) is 0 Å². The number of nitrogen functional groups attached to an aromatic ring is 1. The van der Waals surface area contributed by atoms with E-state index < -0.39 is 0 Å². The molecule has 1 aromatic carbocycles. The first kappa shape index (κ1) is 12.1. The first-order valence-electron chi connectivity index (χ1n) is 5.85. The predicted molar refractivity (Wildman–Crippen MR) is 75.3 cm³/mol. The summed E-state index contributed by atoms with van der Waals surface area (Å²) >= 11 is 1.71. The van der Waals surface area contributed by atoms with Gasteiger partial charge in [-0.3, -0.25) is 0 Å². The number of hydrogen-bond acceptors (Lipinski definition) is 3. The molecule has 17 heavy (non-hydrogen) atoms. The lowest BCUT2D eigenvalue weighted by Crippen LogP contribution is -2.19. The second kappa shape index (κ2) is 5.84. The normalized spacial score (nSPS) is 12.5. The fourth-order valence-electron chi connectivity index (χ4n) is 1.80. The summed E-state index contributed by atoms with van der Waals surface area (Å²) in [6.45, 7) is 4.07. The summed E-state index contributed by atoms with van der Waals surface area (Å²) in [6.07, 6.45) is 0. The zero-order valence-corrected chi connectivity index (χ0v) is 10.8. The zero-order chi connectivity index (χ0) is 12.1. The maximum absolute atomic E-state index is 5.84. The van der Waals surface area contributed by atoms with Crippen LogP contribution in [-0.2, 0) is 6.54 Å². The highest BCUT2D eigenvalue weighted by Gasteiger charge is 2.05. The van der Waals surface area contributed by atoms with Gasteiger partial charge in [-0.05, 0) is 22.9 Å². The van der Waals surface area contributed by atoms with E-state index in [1.807, 2.05) is 11.4 Å². The van der Waals surface area contributed by atoms with Crippen molar-refractivity contribution in [2.24, 2.45) is 0 Å². The summed E-state index contributed by atoms with van der Waals surface area (Å²) in [5, 5.41) is 5.49. The fourth-order valence-corrected chi connectivity index (χ4v) is 2.56. The van der Waals surface area contributed by atoms with Gasteiger partial charge in [-0.1, -0.05) is 37.3 Å². The van der Waals surface area contributed by atoms with E-state index >= 15 is 0 Å². The van der Waals surface area contributed by atoms with E-state index in [4.69, 9.17) is 5.73 Å². The molecule has 90 valence electrons. The standard InChI is InChI=1S/C14H18N2S/c1-11(12-5-3-2-4-6-12)9-16-10-14-13(15)7-8-17-14/h2-8,11,16H,9-10,15H2,1H3. The molecule has 0 saturated heterocycles. The van der Waals surface area contributed by atoms with Crippen LogP contribution in [0.5, 0.6) is 0 Å². The fraction of sp³-hybridized carbons (Fsp3) is 0.286. The summed E-state index contributed by atoms with van der Waals surface area (Å²) < 4.78 is 0. The number of anilines is 1. The van der Waals surface area contributed by atoms with Crippen molar-refractivity contribution in [3.8, 4) is 0 Å². The minimum atomic E-state index is 0.525. The zero-order valence-electron chi connectivity index (χ0n) is 10.0. The van der Waals surface area contributed by atoms with Gasteiger partial charge in [-0.2, -0.15) is 0 Å². The van der Waals surface area contributed by atoms with Gasteiger partial charge in [0.2, 0.25) is 0 Å².